The van der Waals surface area contributed by atoms with E-state index in [0.29, 0.717) is 35.7 Å². The van der Waals surface area contributed by atoms with E-state index < -0.39 is 0 Å². The van der Waals surface area contributed by atoms with Gasteiger partial charge in [-0.1, -0.05) is 0 Å². The third-order valence-corrected chi connectivity index (χ3v) is 4.82. The highest BCUT2D eigenvalue weighted by atomic mass is 32.2. The van der Waals surface area contributed by atoms with E-state index in [1.54, 1.807) is 54.1 Å². The highest BCUT2D eigenvalue weighted by Crippen LogP contribution is 2.26. The minimum atomic E-state index is -0.252. The van der Waals surface area contributed by atoms with Gasteiger partial charge >= 0.3 is 0 Å². The molecule has 0 fully saturated rings. The van der Waals surface area contributed by atoms with Crippen molar-refractivity contribution in [3.8, 4) is 5.75 Å². The van der Waals surface area contributed by atoms with Crippen LogP contribution in [0.4, 0.5) is 5.69 Å². The van der Waals surface area contributed by atoms with E-state index >= 15 is 0 Å². The third-order valence-electron chi connectivity index (χ3n) is 4.09. The van der Waals surface area contributed by atoms with Gasteiger partial charge in [-0.2, -0.15) is 0 Å². The lowest BCUT2D eigenvalue weighted by molar-refractivity contribution is 0.0773. The van der Waals surface area contributed by atoms with Crippen molar-refractivity contribution in [2.75, 3.05) is 31.8 Å². The number of nitrogens with zero attached hydrogens (tertiary/aromatic N) is 1. The van der Waals surface area contributed by atoms with Crippen LogP contribution < -0.4 is 10.1 Å². The van der Waals surface area contributed by atoms with Gasteiger partial charge in [-0.25, -0.2) is 0 Å². The van der Waals surface area contributed by atoms with Gasteiger partial charge in [0.05, 0.1) is 12.7 Å². The van der Waals surface area contributed by atoms with Crippen LogP contribution in [0.15, 0.2) is 47.4 Å². The molecule has 0 unspecified atom stereocenters. The number of rotatable bonds is 7. The third kappa shape index (κ3) is 4.58. The molecular formula is C20H24N2O3S. The summed E-state index contributed by atoms with van der Waals surface area (Å²) in [6, 6.07) is 12.4. The van der Waals surface area contributed by atoms with Crippen LogP contribution in [0.1, 0.15) is 34.6 Å². The summed E-state index contributed by atoms with van der Waals surface area (Å²) in [6.45, 7) is 5.23. The average molecular weight is 372 g/mol. The summed E-state index contributed by atoms with van der Waals surface area (Å²) < 4.78 is 5.32. The van der Waals surface area contributed by atoms with Gasteiger partial charge in [0.2, 0.25) is 0 Å². The number of amides is 2. The molecule has 0 aliphatic rings. The molecular weight excluding hydrogens is 348 g/mol. The molecule has 0 saturated heterocycles. The number of methoxy groups -OCH3 is 1. The molecule has 0 aliphatic heterocycles. The summed E-state index contributed by atoms with van der Waals surface area (Å²) in [5, 5.41) is 2.84. The Labute approximate surface area is 158 Å². The second-order valence-electron chi connectivity index (χ2n) is 5.58. The Kier molecular flexibility index (Phi) is 7.09. The Hall–Kier alpha value is -2.47. The molecule has 138 valence electrons. The Balaban J connectivity index is 2.14. The van der Waals surface area contributed by atoms with Crippen LogP contribution >= 0.6 is 11.8 Å². The molecule has 6 heteroatoms. The minimum Gasteiger partial charge on any atom is -0.496 e. The number of anilines is 1. The number of thioether (sulfide) groups is 1. The van der Waals surface area contributed by atoms with Crippen LogP contribution in [0.3, 0.4) is 0 Å². The molecule has 26 heavy (non-hydrogen) atoms. The zero-order valence-corrected chi connectivity index (χ0v) is 16.4. The van der Waals surface area contributed by atoms with Gasteiger partial charge in [-0.05, 0) is 62.6 Å². The fourth-order valence-electron chi connectivity index (χ4n) is 2.57. The van der Waals surface area contributed by atoms with E-state index in [1.807, 2.05) is 32.2 Å². The first-order valence-electron chi connectivity index (χ1n) is 8.46. The zero-order valence-electron chi connectivity index (χ0n) is 15.5. The van der Waals surface area contributed by atoms with Gasteiger partial charge in [0.25, 0.3) is 11.8 Å². The van der Waals surface area contributed by atoms with Gasteiger partial charge < -0.3 is 15.0 Å². The second-order valence-corrected chi connectivity index (χ2v) is 6.45. The van der Waals surface area contributed by atoms with E-state index in [0.717, 1.165) is 4.90 Å². The lowest BCUT2D eigenvalue weighted by Gasteiger charge is -2.18. The van der Waals surface area contributed by atoms with Crippen LogP contribution in [0.2, 0.25) is 0 Å². The van der Waals surface area contributed by atoms with Crippen LogP contribution in [0, 0.1) is 0 Å². The molecule has 0 heterocycles. The normalized spacial score (nSPS) is 10.3. The monoisotopic (exact) mass is 372 g/mol. The maximum atomic E-state index is 12.5. The molecule has 0 spiro atoms. The highest BCUT2D eigenvalue weighted by Gasteiger charge is 2.15. The predicted octanol–water partition coefficient (Wildman–Crippen LogP) is 4.15. The number of carbonyl (C=O) groups excluding carboxylic acids is 2. The zero-order chi connectivity index (χ0) is 19.1. The van der Waals surface area contributed by atoms with Crippen LogP contribution in [0.5, 0.6) is 5.75 Å². The van der Waals surface area contributed by atoms with Gasteiger partial charge in [-0.15, -0.1) is 11.8 Å². The Morgan fingerprint density at radius 1 is 1.08 bits per heavy atom. The lowest BCUT2D eigenvalue weighted by Crippen LogP contribution is -2.30. The van der Waals surface area contributed by atoms with Crippen molar-refractivity contribution in [2.45, 2.75) is 18.7 Å². The number of ether oxygens (including phenoxy) is 1. The average Bonchev–Trinajstić information content (AvgIpc) is 2.68. The first-order valence-corrected chi connectivity index (χ1v) is 9.69. The van der Waals surface area contributed by atoms with Crippen molar-refractivity contribution in [3.63, 3.8) is 0 Å². The van der Waals surface area contributed by atoms with E-state index in [-0.39, 0.29) is 11.8 Å². The summed E-state index contributed by atoms with van der Waals surface area (Å²) in [7, 11) is 1.55. The standard InChI is InChI=1S/C20H24N2O3S/c1-5-22(6-2)20(24)14-7-9-15(10-8-14)21-19(23)17-12-11-16(26-4)13-18(17)25-3/h7-13H,5-6H2,1-4H3,(H,21,23). The number of hydrogen-bond acceptors (Lipinski definition) is 4. The number of nitrogens with one attached hydrogen (secondary N) is 1. The summed E-state index contributed by atoms with van der Waals surface area (Å²) in [6.07, 6.45) is 1.97. The van der Waals surface area contributed by atoms with Gasteiger partial charge in [0.15, 0.2) is 0 Å². The van der Waals surface area contributed by atoms with Crippen molar-refractivity contribution >= 4 is 29.3 Å². The molecule has 2 aromatic rings. The fourth-order valence-corrected chi connectivity index (χ4v) is 3.00. The van der Waals surface area contributed by atoms with E-state index in [2.05, 4.69) is 5.32 Å². The summed E-state index contributed by atoms with van der Waals surface area (Å²) >= 11 is 1.59. The van der Waals surface area contributed by atoms with Crippen molar-refractivity contribution in [1.29, 1.82) is 0 Å². The first kappa shape index (κ1) is 19.8. The Morgan fingerprint density at radius 3 is 2.27 bits per heavy atom. The molecule has 0 aliphatic carbocycles. The van der Waals surface area contributed by atoms with Crippen molar-refractivity contribution in [1.82, 2.24) is 4.90 Å². The summed E-state index contributed by atoms with van der Waals surface area (Å²) in [5.74, 6) is 0.266. The topological polar surface area (TPSA) is 58.6 Å². The SMILES string of the molecule is CCN(CC)C(=O)c1ccc(NC(=O)c2ccc(SC)cc2OC)cc1. The Morgan fingerprint density at radius 2 is 1.73 bits per heavy atom. The molecule has 2 aromatic carbocycles. The molecule has 0 atom stereocenters. The Bertz CT molecular complexity index is 771. The van der Waals surface area contributed by atoms with Crippen molar-refractivity contribution in [2.24, 2.45) is 0 Å². The van der Waals surface area contributed by atoms with E-state index in [4.69, 9.17) is 4.74 Å². The molecule has 0 saturated carbocycles. The predicted molar refractivity (Wildman–Crippen MR) is 106 cm³/mol. The maximum Gasteiger partial charge on any atom is 0.259 e. The fraction of sp³-hybridized carbons (Fsp3) is 0.300. The van der Waals surface area contributed by atoms with Crippen molar-refractivity contribution in [3.05, 3.63) is 53.6 Å². The number of carbonyl (C=O) groups is 2. The molecule has 0 bridgehead atoms. The first-order chi connectivity index (χ1) is 12.5. The molecule has 5 nitrogen and oxygen atoms in total. The molecule has 2 rings (SSSR count). The van der Waals surface area contributed by atoms with Crippen LogP contribution in [-0.4, -0.2) is 43.2 Å². The molecule has 1 N–H and O–H groups in total. The van der Waals surface area contributed by atoms with Gasteiger partial charge in [0, 0.05) is 29.2 Å². The molecule has 0 radical (unpaired) electrons. The highest BCUT2D eigenvalue weighted by molar-refractivity contribution is 7.98. The smallest absolute Gasteiger partial charge is 0.259 e. The summed E-state index contributed by atoms with van der Waals surface area (Å²) in [5.41, 5.74) is 1.70. The van der Waals surface area contributed by atoms with Crippen LogP contribution in [-0.2, 0) is 0 Å². The quantitative estimate of drug-likeness (QED) is 0.742. The second kappa shape index (κ2) is 9.29. The number of benzene rings is 2. The van der Waals surface area contributed by atoms with Crippen LogP contribution in [0.25, 0.3) is 0 Å². The largest absolute Gasteiger partial charge is 0.496 e. The molecule has 2 amide bonds. The maximum absolute atomic E-state index is 12.5. The van der Waals surface area contributed by atoms with E-state index in [9.17, 15) is 9.59 Å². The molecule has 0 aromatic heterocycles. The minimum absolute atomic E-state index is 0.0119. The van der Waals surface area contributed by atoms with Crippen molar-refractivity contribution < 1.29 is 14.3 Å². The van der Waals surface area contributed by atoms with E-state index in [1.165, 1.54) is 0 Å². The lowest BCUT2D eigenvalue weighted by atomic mass is 10.1. The number of hydrogen-bond donors (Lipinski definition) is 1. The van der Waals surface area contributed by atoms with Gasteiger partial charge in [0.1, 0.15) is 5.75 Å². The van der Waals surface area contributed by atoms with Gasteiger partial charge in [-0.3, -0.25) is 9.59 Å². The summed E-state index contributed by atoms with van der Waals surface area (Å²) in [4.78, 5) is 27.6.